The molecule has 4 heterocycles. The maximum atomic E-state index is 13.8. The van der Waals surface area contributed by atoms with E-state index >= 15 is 0 Å². The number of methoxy groups -OCH3 is 2. The lowest BCUT2D eigenvalue weighted by atomic mass is 9.98. The molecule has 464 valence electrons. The van der Waals surface area contributed by atoms with E-state index < -0.39 is 92.4 Å². The number of carbonyl (C=O) groups is 4. The molecule has 2 saturated heterocycles. The molecule has 0 bridgehead atoms. The Bertz CT molecular complexity index is 3060. The van der Waals surface area contributed by atoms with Gasteiger partial charge in [-0.1, -0.05) is 106 Å². The number of rotatable bonds is 14. The number of esters is 4. The highest BCUT2D eigenvalue weighted by Gasteiger charge is 2.47. The van der Waals surface area contributed by atoms with Crippen LogP contribution in [0.25, 0.3) is 12.2 Å². The lowest BCUT2D eigenvalue weighted by Gasteiger charge is -2.26. The summed E-state index contributed by atoms with van der Waals surface area (Å²) in [5, 5.41) is 10.3. The average molecular weight is 1210 g/mol. The number of cyclic esters (lactones) is 2. The number of phenolic OH excluding ortho intramolecular Hbond substituents is 1. The smallest absolute Gasteiger partial charge is 0.342 e. The van der Waals surface area contributed by atoms with Crippen LogP contribution in [-0.2, 0) is 47.4 Å². The summed E-state index contributed by atoms with van der Waals surface area (Å²) in [6, 6.07) is 24.9. The summed E-state index contributed by atoms with van der Waals surface area (Å²) in [6.07, 6.45) is 10.6. The van der Waals surface area contributed by atoms with Crippen molar-refractivity contribution in [1.29, 1.82) is 0 Å². The van der Waals surface area contributed by atoms with Gasteiger partial charge in [-0.15, -0.1) is 0 Å². The highest BCUT2D eigenvalue weighted by atomic mass is 28.3. The molecule has 19 heteroatoms. The summed E-state index contributed by atoms with van der Waals surface area (Å²) in [7, 11) is 1.65. The molecule has 2 unspecified atom stereocenters. The van der Waals surface area contributed by atoms with Crippen molar-refractivity contribution in [2.24, 2.45) is 11.8 Å². The van der Waals surface area contributed by atoms with Gasteiger partial charge < -0.3 is 66.7 Å². The summed E-state index contributed by atoms with van der Waals surface area (Å²) in [5.41, 5.74) is 2.29. The minimum absolute atomic E-state index is 0.0520. The first kappa shape index (κ1) is 66.4. The van der Waals surface area contributed by atoms with Crippen molar-refractivity contribution >= 4 is 44.1 Å². The van der Waals surface area contributed by atoms with Crippen LogP contribution in [0, 0.1) is 11.8 Å². The van der Waals surface area contributed by atoms with Crippen LogP contribution in [0.2, 0.25) is 25.7 Å². The highest BCUT2D eigenvalue weighted by Crippen LogP contribution is 2.39. The third kappa shape index (κ3) is 18.7. The number of hydrogen-bond acceptors (Lipinski definition) is 18. The molecule has 0 amide bonds. The van der Waals surface area contributed by atoms with Gasteiger partial charge in [-0.3, -0.25) is 0 Å². The first-order valence-electron chi connectivity index (χ1n) is 29.1. The van der Waals surface area contributed by atoms with E-state index in [2.05, 4.69) is 19.6 Å². The summed E-state index contributed by atoms with van der Waals surface area (Å²) in [5.74, 6) is -3.45. The van der Waals surface area contributed by atoms with E-state index in [9.17, 15) is 24.3 Å². The number of benzene rings is 4. The Hall–Kier alpha value is -7.10. The van der Waals surface area contributed by atoms with E-state index in [0.717, 1.165) is 6.04 Å². The number of fused-ring (bicyclic) bond motifs is 4. The van der Waals surface area contributed by atoms with Crippen LogP contribution in [0.4, 0.5) is 0 Å². The first-order valence-corrected chi connectivity index (χ1v) is 32.8. The third-order valence-corrected chi connectivity index (χ3v) is 16.3. The highest BCUT2D eigenvalue weighted by molar-refractivity contribution is 6.76. The van der Waals surface area contributed by atoms with E-state index in [0.29, 0.717) is 53.2 Å². The second-order valence-corrected chi connectivity index (χ2v) is 29.4. The molecule has 2 fully saturated rings. The molecule has 4 aliphatic rings. The normalized spacial score (nSPS) is 26.9. The predicted octanol–water partition coefficient (Wildman–Crippen LogP) is 12.6. The van der Waals surface area contributed by atoms with Crippen molar-refractivity contribution in [3.05, 3.63) is 155 Å². The number of phenols is 1. The van der Waals surface area contributed by atoms with Gasteiger partial charge >= 0.3 is 23.9 Å². The molecule has 4 aromatic carbocycles. The molecule has 8 rings (SSSR count). The molecule has 0 aliphatic carbocycles. The summed E-state index contributed by atoms with van der Waals surface area (Å²) in [6.45, 7) is 22.0. The van der Waals surface area contributed by atoms with Crippen molar-refractivity contribution in [2.45, 2.75) is 154 Å². The summed E-state index contributed by atoms with van der Waals surface area (Å²) >= 11 is 0. The fourth-order valence-corrected chi connectivity index (χ4v) is 10.5. The van der Waals surface area contributed by atoms with Crippen molar-refractivity contribution in [2.75, 3.05) is 34.4 Å². The zero-order valence-electron chi connectivity index (χ0n) is 51.6. The molecule has 0 spiro atoms. The first-order chi connectivity index (χ1) is 40.8. The minimum atomic E-state index is -1.33. The Balaban J connectivity index is 0.000000248. The Morgan fingerprint density at radius 2 is 1.01 bits per heavy atom. The Kier molecular flexibility index (Phi) is 23.2. The van der Waals surface area contributed by atoms with Crippen molar-refractivity contribution in [1.82, 2.24) is 0 Å². The van der Waals surface area contributed by atoms with Crippen LogP contribution in [-0.4, -0.2) is 132 Å². The van der Waals surface area contributed by atoms with Crippen LogP contribution in [0.15, 0.2) is 121 Å². The molecular weight excluding hydrogens is 1120 g/mol. The molecule has 18 nitrogen and oxygen atoms in total. The van der Waals surface area contributed by atoms with Crippen molar-refractivity contribution in [3.63, 3.8) is 0 Å². The molecule has 4 aromatic rings. The van der Waals surface area contributed by atoms with Crippen LogP contribution >= 0.6 is 0 Å². The second kappa shape index (κ2) is 30.0. The summed E-state index contributed by atoms with van der Waals surface area (Å²) < 4.78 is 76.7. The van der Waals surface area contributed by atoms with Gasteiger partial charge in [-0.05, 0) is 120 Å². The standard InChI is InChI=1S/C36H48O9Si.C31H36O9/c1-24-17-18-29(43-34(37)26-13-10-9-11-14-26)33-30(44-36(3,4)45-33)16-12-15-27-21-28(40-19-20-46(6,7)8)22-31(41-23-39-5)32(27)35(38)42-25(24)2;1-19-14-15-24(38-29(33)21-10-7-6-8-11-21)28-25(39-31(3,4)40-28)13-9-12-22-16-23(32)17-26(36-18-35-5)27(22)30(34)37-20(19)2/h9-15,17-18,21-22,24-25,29-30,33H,16,19-20,23H2,1-8H3;6-12,14-17,19-20,24-25,28,32H,13,18H2,1-5H3/b15-12+,18-17-;12-9+,15-14-/t24-,25+,29?,30+,33-;19-,20+,24?,25+,28-/m11/s1. The average Bonchev–Trinajstić information content (AvgIpc) is 3.07. The van der Waals surface area contributed by atoms with Gasteiger partial charge in [0.2, 0.25) is 0 Å². The van der Waals surface area contributed by atoms with Crippen molar-refractivity contribution < 1.29 is 85.9 Å². The van der Waals surface area contributed by atoms with Crippen molar-refractivity contribution in [3.8, 4) is 23.0 Å². The quantitative estimate of drug-likeness (QED) is 0.0409. The van der Waals surface area contributed by atoms with Gasteiger partial charge in [-0.2, -0.15) is 0 Å². The maximum absolute atomic E-state index is 13.8. The maximum Gasteiger partial charge on any atom is 0.342 e. The molecule has 86 heavy (non-hydrogen) atoms. The molecule has 0 saturated carbocycles. The largest absolute Gasteiger partial charge is 0.508 e. The van der Waals surface area contributed by atoms with E-state index in [1.165, 1.54) is 26.4 Å². The topological polar surface area (TPSA) is 208 Å². The van der Waals surface area contributed by atoms with Crippen LogP contribution in [0.3, 0.4) is 0 Å². The van der Waals surface area contributed by atoms with Gasteiger partial charge in [-0.25, -0.2) is 19.2 Å². The lowest BCUT2D eigenvalue weighted by molar-refractivity contribution is -0.153. The van der Waals surface area contributed by atoms with E-state index in [1.54, 1.807) is 79.7 Å². The SMILES string of the molecule is COCOc1cc(O)cc2c1C(=O)O[C@@H](C)[C@H](C)/C=C\C(OC(=O)c1ccccc1)[C@H]1OC(C)(C)O[C@H]1C/C=C/2.COCOc1cc(OCC[Si](C)(C)C)cc2c1C(=O)O[C@@H](C)[C@H](C)/C=C\C(OC(=O)c1ccccc1)[C@H]1OC(C)(C)O[C@H]1C/C=C/2. The number of hydrogen-bond donors (Lipinski definition) is 1. The number of carbonyl (C=O) groups excluding carboxylic acids is 4. The molecule has 1 N–H and O–H groups in total. The van der Waals surface area contributed by atoms with Gasteiger partial charge in [0.05, 0.1) is 29.9 Å². The lowest BCUT2D eigenvalue weighted by Crippen LogP contribution is -2.37. The van der Waals surface area contributed by atoms with Gasteiger partial charge in [0, 0.05) is 46.3 Å². The van der Waals surface area contributed by atoms with Gasteiger partial charge in [0.25, 0.3) is 0 Å². The number of aromatic hydroxyl groups is 1. The van der Waals surface area contributed by atoms with Crippen LogP contribution < -0.4 is 14.2 Å². The zero-order valence-corrected chi connectivity index (χ0v) is 52.6. The van der Waals surface area contributed by atoms with Gasteiger partial charge in [0.15, 0.2) is 25.2 Å². The fourth-order valence-electron chi connectivity index (χ4n) is 9.79. The fraction of sp³-hybridized carbons (Fsp3) is 0.463. The number of ether oxygens (including phenoxy) is 13. The van der Waals surface area contributed by atoms with Crippen LogP contribution in [0.1, 0.15) is 121 Å². The zero-order chi connectivity index (χ0) is 62.3. The van der Waals surface area contributed by atoms with E-state index in [1.807, 2.05) is 97.0 Å². The van der Waals surface area contributed by atoms with Gasteiger partial charge in [0.1, 0.15) is 70.7 Å². The summed E-state index contributed by atoms with van der Waals surface area (Å²) in [4.78, 5) is 53.3. The van der Waals surface area contributed by atoms with E-state index in [-0.39, 0.29) is 48.0 Å². The minimum Gasteiger partial charge on any atom is -0.508 e. The Morgan fingerprint density at radius 1 is 0.581 bits per heavy atom. The molecule has 0 radical (unpaired) electrons. The monoisotopic (exact) mass is 1200 g/mol. The second-order valence-electron chi connectivity index (χ2n) is 23.8. The third-order valence-electron chi connectivity index (χ3n) is 14.6. The molecular formula is C67H84O18Si. The predicted molar refractivity (Wildman–Crippen MR) is 326 cm³/mol. The Morgan fingerprint density at radius 3 is 1.44 bits per heavy atom. The van der Waals surface area contributed by atoms with E-state index in [4.69, 9.17) is 61.6 Å². The van der Waals surface area contributed by atoms with Crippen LogP contribution in [0.5, 0.6) is 23.0 Å². The Labute approximate surface area is 506 Å². The molecule has 0 aromatic heterocycles. The molecule has 10 atom stereocenters. The molecule has 4 aliphatic heterocycles.